The summed E-state index contributed by atoms with van der Waals surface area (Å²) in [6, 6.07) is 3.60. The first-order valence-corrected chi connectivity index (χ1v) is 5.61. The van der Waals surface area contributed by atoms with Crippen LogP contribution in [0.15, 0.2) is 27.9 Å². The maximum atomic E-state index is 11.3. The third-order valence-corrected chi connectivity index (χ3v) is 2.23. The van der Waals surface area contributed by atoms with Gasteiger partial charge in [0.05, 0.1) is 6.26 Å². The molecule has 0 bridgehead atoms. The number of furan rings is 1. The lowest BCUT2D eigenvalue weighted by atomic mass is 10.2. The molecule has 88 valence electrons. The van der Waals surface area contributed by atoms with Gasteiger partial charge < -0.3 is 4.42 Å². The molecule has 0 saturated heterocycles. The number of amides is 1. The predicted octanol–water partition coefficient (Wildman–Crippen LogP) is 2.70. The van der Waals surface area contributed by atoms with Crippen LogP contribution in [0.3, 0.4) is 0 Å². The molecule has 16 heavy (non-hydrogen) atoms. The van der Waals surface area contributed by atoms with Crippen LogP contribution in [0.25, 0.3) is 0 Å². The lowest BCUT2D eigenvalue weighted by Gasteiger charge is -2.00. The molecule has 0 aliphatic carbocycles. The highest BCUT2D eigenvalue weighted by Crippen LogP contribution is 2.02. The highest BCUT2D eigenvalue weighted by molar-refractivity contribution is 5.96. The van der Waals surface area contributed by atoms with Gasteiger partial charge >= 0.3 is 0 Å². The normalized spacial score (nSPS) is 11.5. The summed E-state index contributed by atoms with van der Waals surface area (Å²) in [4.78, 5) is 11.3. The summed E-state index contributed by atoms with van der Waals surface area (Å²) in [5, 5.41) is 3.97. The van der Waals surface area contributed by atoms with Crippen molar-refractivity contribution in [2.75, 3.05) is 0 Å². The van der Waals surface area contributed by atoms with E-state index >= 15 is 0 Å². The minimum atomic E-state index is -0.0423. The fraction of sp³-hybridized carbons (Fsp3) is 0.500. The van der Waals surface area contributed by atoms with Crippen LogP contribution in [0.5, 0.6) is 0 Å². The molecule has 4 heteroatoms. The quantitative estimate of drug-likeness (QED) is 0.457. The third kappa shape index (κ3) is 4.29. The van der Waals surface area contributed by atoms with E-state index in [0.717, 1.165) is 19.3 Å². The Labute approximate surface area is 95.7 Å². The molecule has 1 rings (SSSR count). The Balaban J connectivity index is 2.32. The van der Waals surface area contributed by atoms with Crippen molar-refractivity contribution >= 4 is 11.6 Å². The largest absolute Gasteiger partial charge is 0.463 e. The van der Waals surface area contributed by atoms with Crippen molar-refractivity contribution in [1.82, 2.24) is 5.43 Å². The number of nitrogens with zero attached hydrogens (tertiary/aromatic N) is 1. The second-order valence-corrected chi connectivity index (χ2v) is 3.67. The Morgan fingerprint density at radius 1 is 1.50 bits per heavy atom. The van der Waals surface area contributed by atoms with Crippen LogP contribution in [-0.4, -0.2) is 11.6 Å². The molecule has 0 spiro atoms. The van der Waals surface area contributed by atoms with Gasteiger partial charge in [-0.2, -0.15) is 5.10 Å². The molecule has 1 heterocycles. The maximum absolute atomic E-state index is 11.3. The topological polar surface area (TPSA) is 54.6 Å². The highest BCUT2D eigenvalue weighted by Gasteiger charge is 2.02. The number of nitrogens with one attached hydrogen (secondary N) is 1. The lowest BCUT2D eigenvalue weighted by molar-refractivity contribution is -0.121. The summed E-state index contributed by atoms with van der Waals surface area (Å²) in [6.45, 7) is 3.91. The van der Waals surface area contributed by atoms with E-state index in [1.807, 2.05) is 6.07 Å². The number of hydrazone groups is 1. The molecule has 0 aromatic carbocycles. The van der Waals surface area contributed by atoms with Crippen LogP contribution < -0.4 is 5.43 Å². The van der Waals surface area contributed by atoms with Crippen LogP contribution in [0.1, 0.15) is 45.3 Å². The van der Waals surface area contributed by atoms with Gasteiger partial charge in [0.1, 0.15) is 11.5 Å². The SMILES string of the molecule is CCCCCC(=O)N/N=C(\C)c1ccco1. The van der Waals surface area contributed by atoms with Gasteiger partial charge in [-0.1, -0.05) is 19.8 Å². The van der Waals surface area contributed by atoms with Crippen molar-refractivity contribution in [1.29, 1.82) is 0 Å². The van der Waals surface area contributed by atoms with Crippen molar-refractivity contribution in [3.05, 3.63) is 24.2 Å². The second kappa shape index (κ2) is 6.82. The lowest BCUT2D eigenvalue weighted by Crippen LogP contribution is -2.18. The molecular formula is C12H18N2O2. The van der Waals surface area contributed by atoms with E-state index in [1.165, 1.54) is 0 Å². The number of rotatable bonds is 6. The Morgan fingerprint density at radius 3 is 2.94 bits per heavy atom. The number of hydrogen-bond donors (Lipinski definition) is 1. The van der Waals surface area contributed by atoms with Gasteiger partial charge in [-0.15, -0.1) is 0 Å². The standard InChI is InChI=1S/C12H18N2O2/c1-3-4-5-8-12(15)14-13-10(2)11-7-6-9-16-11/h6-7,9H,3-5,8H2,1-2H3,(H,14,15)/b13-10+. The molecule has 1 amide bonds. The van der Waals surface area contributed by atoms with E-state index in [2.05, 4.69) is 17.5 Å². The van der Waals surface area contributed by atoms with E-state index < -0.39 is 0 Å². The highest BCUT2D eigenvalue weighted by atomic mass is 16.3. The Morgan fingerprint density at radius 2 is 2.31 bits per heavy atom. The van der Waals surface area contributed by atoms with E-state index in [4.69, 9.17) is 4.42 Å². The summed E-state index contributed by atoms with van der Waals surface area (Å²) in [5.41, 5.74) is 3.19. The number of carbonyl (C=O) groups is 1. The molecule has 0 atom stereocenters. The van der Waals surface area contributed by atoms with Gasteiger partial charge in [-0.25, -0.2) is 5.43 Å². The molecule has 0 fully saturated rings. The fourth-order valence-electron chi connectivity index (χ4n) is 1.28. The van der Waals surface area contributed by atoms with Gasteiger partial charge in [-0.05, 0) is 25.5 Å². The van der Waals surface area contributed by atoms with Crippen LogP contribution in [0, 0.1) is 0 Å². The summed E-state index contributed by atoms with van der Waals surface area (Å²) < 4.78 is 5.14. The molecule has 1 aromatic heterocycles. The van der Waals surface area contributed by atoms with Crippen molar-refractivity contribution < 1.29 is 9.21 Å². The Bertz CT molecular complexity index is 342. The molecule has 1 aromatic rings. The summed E-state index contributed by atoms with van der Waals surface area (Å²) in [7, 11) is 0. The van der Waals surface area contributed by atoms with Crippen molar-refractivity contribution in [2.24, 2.45) is 5.10 Å². The van der Waals surface area contributed by atoms with Crippen molar-refractivity contribution in [3.63, 3.8) is 0 Å². The fourth-order valence-corrected chi connectivity index (χ4v) is 1.28. The van der Waals surface area contributed by atoms with E-state index in [9.17, 15) is 4.79 Å². The zero-order chi connectivity index (χ0) is 11.8. The van der Waals surface area contributed by atoms with Crippen LogP contribution >= 0.6 is 0 Å². The zero-order valence-corrected chi connectivity index (χ0v) is 9.82. The third-order valence-electron chi connectivity index (χ3n) is 2.23. The van der Waals surface area contributed by atoms with Gasteiger partial charge in [-0.3, -0.25) is 4.79 Å². The molecule has 0 radical (unpaired) electrons. The van der Waals surface area contributed by atoms with Gasteiger partial charge in [0, 0.05) is 6.42 Å². The average Bonchev–Trinajstić information content (AvgIpc) is 2.79. The summed E-state index contributed by atoms with van der Waals surface area (Å²) in [5.74, 6) is 0.633. The van der Waals surface area contributed by atoms with Crippen LogP contribution in [0.2, 0.25) is 0 Å². The smallest absolute Gasteiger partial charge is 0.240 e. The second-order valence-electron chi connectivity index (χ2n) is 3.67. The van der Waals surface area contributed by atoms with E-state index in [-0.39, 0.29) is 5.91 Å². The van der Waals surface area contributed by atoms with Gasteiger partial charge in [0.15, 0.2) is 0 Å². The number of unbranched alkanes of at least 4 members (excludes halogenated alkanes) is 2. The maximum Gasteiger partial charge on any atom is 0.240 e. The van der Waals surface area contributed by atoms with Crippen molar-refractivity contribution in [3.8, 4) is 0 Å². The minimum Gasteiger partial charge on any atom is -0.463 e. The molecule has 4 nitrogen and oxygen atoms in total. The first-order valence-electron chi connectivity index (χ1n) is 5.61. The monoisotopic (exact) mass is 222 g/mol. The molecule has 1 N–H and O–H groups in total. The first kappa shape index (κ1) is 12.5. The molecule has 0 unspecified atom stereocenters. The Kier molecular flexibility index (Phi) is 5.32. The van der Waals surface area contributed by atoms with E-state index in [1.54, 1.807) is 19.3 Å². The molecule has 0 aliphatic rings. The molecule has 0 saturated carbocycles. The molecule has 0 aliphatic heterocycles. The van der Waals surface area contributed by atoms with E-state index in [0.29, 0.717) is 17.9 Å². The average molecular weight is 222 g/mol. The predicted molar refractivity (Wildman–Crippen MR) is 63.2 cm³/mol. The van der Waals surface area contributed by atoms with Gasteiger partial charge in [0.2, 0.25) is 5.91 Å². The van der Waals surface area contributed by atoms with Crippen LogP contribution in [-0.2, 0) is 4.79 Å². The van der Waals surface area contributed by atoms with Gasteiger partial charge in [0.25, 0.3) is 0 Å². The number of hydrogen-bond acceptors (Lipinski definition) is 3. The molecular weight excluding hydrogens is 204 g/mol. The van der Waals surface area contributed by atoms with Crippen LogP contribution in [0.4, 0.5) is 0 Å². The Hall–Kier alpha value is -1.58. The zero-order valence-electron chi connectivity index (χ0n) is 9.82. The van der Waals surface area contributed by atoms with Crippen molar-refractivity contribution in [2.45, 2.75) is 39.5 Å². The summed E-state index contributed by atoms with van der Waals surface area (Å²) in [6.07, 6.45) is 5.22. The summed E-state index contributed by atoms with van der Waals surface area (Å²) >= 11 is 0. The minimum absolute atomic E-state index is 0.0423. The number of carbonyl (C=O) groups excluding carboxylic acids is 1. The first-order chi connectivity index (χ1) is 7.74.